The van der Waals surface area contributed by atoms with Crippen LogP contribution in [0.2, 0.25) is 5.02 Å². The molecule has 1 N–H and O–H groups in total. The minimum atomic E-state index is -3.80. The highest BCUT2D eigenvalue weighted by atomic mass is 35.5. The number of halogens is 1. The maximum atomic E-state index is 14.0. The number of hydrogen-bond acceptors (Lipinski definition) is 4. The molecule has 0 fully saturated rings. The fourth-order valence-corrected chi connectivity index (χ4v) is 5.19. The number of benzene rings is 3. The Hall–Kier alpha value is -3.36. The zero-order valence-electron chi connectivity index (χ0n) is 22.1. The van der Waals surface area contributed by atoms with Crippen molar-refractivity contribution in [3.05, 3.63) is 101 Å². The maximum absolute atomic E-state index is 14.0. The van der Waals surface area contributed by atoms with Gasteiger partial charge in [0.25, 0.3) is 0 Å². The summed E-state index contributed by atoms with van der Waals surface area (Å²) >= 11 is 6.07. The van der Waals surface area contributed by atoms with Crippen LogP contribution in [-0.4, -0.2) is 50.0 Å². The highest BCUT2D eigenvalue weighted by Gasteiger charge is 2.33. The Morgan fingerprint density at radius 3 is 2.08 bits per heavy atom. The van der Waals surface area contributed by atoms with Crippen molar-refractivity contribution in [3.63, 3.8) is 0 Å². The molecule has 3 rings (SSSR count). The predicted molar refractivity (Wildman–Crippen MR) is 153 cm³/mol. The number of sulfonamides is 1. The van der Waals surface area contributed by atoms with E-state index in [0.29, 0.717) is 16.3 Å². The molecule has 0 spiro atoms. The molecular formula is C29H34ClN3O4S. The molecule has 0 aliphatic carbocycles. The van der Waals surface area contributed by atoms with Crippen molar-refractivity contribution in [2.24, 2.45) is 0 Å². The van der Waals surface area contributed by atoms with Crippen molar-refractivity contribution in [2.45, 2.75) is 45.8 Å². The second-order valence-electron chi connectivity index (χ2n) is 9.57. The first-order valence-corrected chi connectivity index (χ1v) is 14.6. The molecule has 0 aliphatic heterocycles. The Balaban J connectivity index is 2.06. The molecule has 38 heavy (non-hydrogen) atoms. The van der Waals surface area contributed by atoms with Crippen LogP contribution in [-0.2, 0) is 32.6 Å². The summed E-state index contributed by atoms with van der Waals surface area (Å²) < 4.78 is 26.8. The molecule has 7 nitrogen and oxygen atoms in total. The number of amides is 2. The minimum absolute atomic E-state index is 0.102. The van der Waals surface area contributed by atoms with Gasteiger partial charge in [0.05, 0.1) is 11.9 Å². The molecule has 0 saturated heterocycles. The number of anilines is 1. The van der Waals surface area contributed by atoms with Gasteiger partial charge in [-0.1, -0.05) is 72.3 Å². The average molecular weight is 556 g/mol. The number of nitrogens with zero attached hydrogens (tertiary/aromatic N) is 2. The molecule has 1 unspecified atom stereocenters. The van der Waals surface area contributed by atoms with E-state index in [4.69, 9.17) is 11.6 Å². The SMILES string of the molecule is Cc1ccccc1N(CC(=O)N(Cc1ccc(Cl)cc1)C(Cc1ccccc1)C(=O)NC(C)C)S(C)(=O)=O. The monoisotopic (exact) mass is 555 g/mol. The van der Waals surface area contributed by atoms with Crippen molar-refractivity contribution in [1.82, 2.24) is 10.2 Å². The maximum Gasteiger partial charge on any atom is 0.244 e. The van der Waals surface area contributed by atoms with Crippen molar-refractivity contribution < 1.29 is 18.0 Å². The molecule has 0 aliphatic rings. The molecule has 202 valence electrons. The van der Waals surface area contributed by atoms with Crippen LogP contribution in [0, 0.1) is 6.92 Å². The van der Waals surface area contributed by atoms with Gasteiger partial charge in [0.2, 0.25) is 21.8 Å². The second-order valence-corrected chi connectivity index (χ2v) is 11.9. The van der Waals surface area contributed by atoms with Crippen molar-refractivity contribution in [1.29, 1.82) is 0 Å². The van der Waals surface area contributed by atoms with Crippen LogP contribution in [0.1, 0.15) is 30.5 Å². The van der Waals surface area contributed by atoms with Gasteiger partial charge >= 0.3 is 0 Å². The summed E-state index contributed by atoms with van der Waals surface area (Å²) in [7, 11) is -3.80. The fraction of sp³-hybridized carbons (Fsp3) is 0.310. The molecule has 1 atom stereocenters. The lowest BCUT2D eigenvalue weighted by molar-refractivity contribution is -0.140. The van der Waals surface area contributed by atoms with Gasteiger partial charge in [-0.05, 0) is 55.7 Å². The number of rotatable bonds is 11. The number of aryl methyl sites for hydroxylation is 1. The molecular weight excluding hydrogens is 522 g/mol. The number of para-hydroxylation sites is 1. The summed E-state index contributed by atoms with van der Waals surface area (Å²) in [6, 6.07) is 22.4. The van der Waals surface area contributed by atoms with Gasteiger partial charge in [-0.3, -0.25) is 13.9 Å². The van der Waals surface area contributed by atoms with E-state index >= 15 is 0 Å². The molecule has 0 radical (unpaired) electrons. The normalized spacial score (nSPS) is 12.2. The first-order valence-electron chi connectivity index (χ1n) is 12.4. The van der Waals surface area contributed by atoms with Crippen LogP contribution in [0.25, 0.3) is 0 Å². The first kappa shape index (κ1) is 29.2. The number of hydrogen-bond donors (Lipinski definition) is 1. The van der Waals surface area contributed by atoms with Crippen LogP contribution in [0.3, 0.4) is 0 Å². The van der Waals surface area contributed by atoms with Gasteiger partial charge in [-0.2, -0.15) is 0 Å². The summed E-state index contributed by atoms with van der Waals surface area (Å²) in [5.74, 6) is -0.804. The summed E-state index contributed by atoms with van der Waals surface area (Å²) in [6.07, 6.45) is 1.34. The summed E-state index contributed by atoms with van der Waals surface area (Å²) in [5, 5.41) is 3.48. The molecule has 3 aromatic rings. The lowest BCUT2D eigenvalue weighted by Gasteiger charge is -2.34. The third-order valence-corrected chi connectivity index (χ3v) is 7.41. The van der Waals surface area contributed by atoms with Crippen LogP contribution in [0.4, 0.5) is 5.69 Å². The smallest absolute Gasteiger partial charge is 0.244 e. The molecule has 0 aromatic heterocycles. The standard InChI is InChI=1S/C29H34ClN3O4S/c1-21(2)31-29(35)27(18-23-11-6-5-7-12-23)32(19-24-14-16-25(30)17-15-24)28(34)20-33(38(4,36)37)26-13-9-8-10-22(26)3/h5-17,21,27H,18-20H2,1-4H3,(H,31,35). The van der Waals surface area contributed by atoms with E-state index in [2.05, 4.69) is 5.32 Å². The Labute approximate surface area is 230 Å². The number of nitrogens with one attached hydrogen (secondary N) is 1. The van der Waals surface area contributed by atoms with E-state index in [0.717, 1.165) is 21.7 Å². The average Bonchev–Trinajstić information content (AvgIpc) is 2.85. The zero-order chi connectivity index (χ0) is 27.9. The molecule has 2 amide bonds. The minimum Gasteiger partial charge on any atom is -0.352 e. The van der Waals surface area contributed by atoms with Crippen LogP contribution < -0.4 is 9.62 Å². The summed E-state index contributed by atoms with van der Waals surface area (Å²) in [5.41, 5.74) is 2.78. The Morgan fingerprint density at radius 2 is 1.50 bits per heavy atom. The first-order chi connectivity index (χ1) is 18.0. The van der Waals surface area contributed by atoms with Crippen LogP contribution in [0.5, 0.6) is 0 Å². The number of carbonyl (C=O) groups excluding carboxylic acids is 2. The van der Waals surface area contributed by atoms with Gasteiger partial charge in [0, 0.05) is 24.0 Å². The fourth-order valence-electron chi connectivity index (χ4n) is 4.16. The molecule has 0 saturated carbocycles. The van der Waals surface area contributed by atoms with Gasteiger partial charge in [-0.25, -0.2) is 8.42 Å². The Kier molecular flexibility index (Phi) is 9.94. The van der Waals surface area contributed by atoms with E-state index in [1.807, 2.05) is 44.2 Å². The quantitative estimate of drug-likeness (QED) is 0.375. The van der Waals surface area contributed by atoms with E-state index in [9.17, 15) is 18.0 Å². The largest absolute Gasteiger partial charge is 0.352 e. The molecule has 9 heteroatoms. The van der Waals surface area contributed by atoms with Crippen molar-refractivity contribution in [3.8, 4) is 0 Å². The number of carbonyl (C=O) groups is 2. The summed E-state index contributed by atoms with van der Waals surface area (Å²) in [6.45, 7) is 5.15. The van der Waals surface area contributed by atoms with E-state index in [-0.39, 0.29) is 24.9 Å². The Morgan fingerprint density at radius 1 is 0.895 bits per heavy atom. The lowest BCUT2D eigenvalue weighted by Crippen LogP contribution is -2.54. The van der Waals surface area contributed by atoms with E-state index in [1.54, 1.807) is 55.5 Å². The van der Waals surface area contributed by atoms with Gasteiger partial charge < -0.3 is 10.2 Å². The third kappa shape index (κ3) is 8.07. The molecule has 0 heterocycles. The van der Waals surface area contributed by atoms with Gasteiger partial charge in [0.15, 0.2) is 0 Å². The van der Waals surface area contributed by atoms with Crippen molar-refractivity contribution >= 4 is 39.1 Å². The zero-order valence-corrected chi connectivity index (χ0v) is 23.7. The predicted octanol–water partition coefficient (Wildman–Crippen LogP) is 4.58. The van der Waals surface area contributed by atoms with Crippen LogP contribution >= 0.6 is 11.6 Å². The van der Waals surface area contributed by atoms with Crippen LogP contribution in [0.15, 0.2) is 78.9 Å². The summed E-state index contributed by atoms with van der Waals surface area (Å²) in [4.78, 5) is 29.0. The van der Waals surface area contributed by atoms with Gasteiger partial charge in [0.1, 0.15) is 12.6 Å². The van der Waals surface area contributed by atoms with Gasteiger partial charge in [-0.15, -0.1) is 0 Å². The Bertz CT molecular complexity index is 1350. The topological polar surface area (TPSA) is 86.8 Å². The second kappa shape index (κ2) is 12.9. The highest BCUT2D eigenvalue weighted by Crippen LogP contribution is 2.23. The highest BCUT2D eigenvalue weighted by molar-refractivity contribution is 7.92. The van der Waals surface area contributed by atoms with E-state index < -0.39 is 28.5 Å². The third-order valence-electron chi connectivity index (χ3n) is 6.03. The molecule has 3 aromatic carbocycles. The van der Waals surface area contributed by atoms with Crippen molar-refractivity contribution in [2.75, 3.05) is 17.1 Å². The van der Waals surface area contributed by atoms with E-state index in [1.165, 1.54) is 4.90 Å². The molecule has 0 bridgehead atoms. The lowest BCUT2D eigenvalue weighted by atomic mass is 10.0.